The maximum atomic E-state index is 13.2. The molecule has 2 heterocycles. The van der Waals surface area contributed by atoms with Crippen molar-refractivity contribution in [2.45, 2.75) is 26.6 Å². The molecular weight excluding hydrogens is 341 g/mol. The number of benzene rings is 2. The van der Waals surface area contributed by atoms with Crippen LogP contribution in [0.3, 0.4) is 0 Å². The largest absolute Gasteiger partial charge is 0.360 e. The zero-order chi connectivity index (χ0) is 19.0. The van der Waals surface area contributed by atoms with Gasteiger partial charge in [-0.25, -0.2) is 4.39 Å². The van der Waals surface area contributed by atoms with E-state index in [9.17, 15) is 9.18 Å². The monoisotopic (exact) mass is 361 g/mol. The van der Waals surface area contributed by atoms with Gasteiger partial charge in [-0.05, 0) is 54.8 Å². The fraction of sp³-hybridized carbons (Fsp3) is 0.182. The standard InChI is InChI=1S/C22H20FN3O/c1-14-5-3-6-15(2)19(14)25-21-20-18(7-4-12-24-20)22(27)26(21)13-16-8-10-17(23)11-9-16/h3-12,21,25H,13H2,1-2H3/t21-/m0/s1. The van der Waals surface area contributed by atoms with Crippen LogP contribution in [0.15, 0.2) is 60.8 Å². The summed E-state index contributed by atoms with van der Waals surface area (Å²) in [5.74, 6) is -0.368. The highest BCUT2D eigenvalue weighted by atomic mass is 19.1. The molecule has 1 aromatic heterocycles. The van der Waals surface area contributed by atoms with Gasteiger partial charge in [0, 0.05) is 18.4 Å². The number of aryl methyl sites for hydroxylation is 2. The maximum Gasteiger partial charge on any atom is 0.258 e. The number of nitrogens with one attached hydrogen (secondary N) is 1. The van der Waals surface area contributed by atoms with Gasteiger partial charge in [0.1, 0.15) is 12.0 Å². The Morgan fingerprint density at radius 1 is 1.04 bits per heavy atom. The first-order valence-corrected chi connectivity index (χ1v) is 8.87. The normalized spacial score (nSPS) is 15.7. The molecule has 0 bridgehead atoms. The van der Waals surface area contributed by atoms with Crippen molar-refractivity contribution in [2.24, 2.45) is 0 Å². The number of para-hydroxylation sites is 1. The minimum Gasteiger partial charge on any atom is -0.360 e. The van der Waals surface area contributed by atoms with Gasteiger partial charge >= 0.3 is 0 Å². The summed E-state index contributed by atoms with van der Waals surface area (Å²) < 4.78 is 13.2. The van der Waals surface area contributed by atoms with Gasteiger partial charge in [0.25, 0.3) is 5.91 Å². The van der Waals surface area contributed by atoms with Crippen molar-refractivity contribution < 1.29 is 9.18 Å². The Balaban J connectivity index is 1.72. The van der Waals surface area contributed by atoms with Crippen molar-refractivity contribution in [1.29, 1.82) is 0 Å². The molecule has 1 N–H and O–H groups in total. The van der Waals surface area contributed by atoms with Crippen LogP contribution in [0, 0.1) is 19.7 Å². The third kappa shape index (κ3) is 3.16. The molecule has 27 heavy (non-hydrogen) atoms. The van der Waals surface area contributed by atoms with Crippen molar-refractivity contribution in [3.63, 3.8) is 0 Å². The summed E-state index contributed by atoms with van der Waals surface area (Å²) in [4.78, 5) is 19.2. The van der Waals surface area contributed by atoms with E-state index in [2.05, 4.69) is 10.3 Å². The summed E-state index contributed by atoms with van der Waals surface area (Å²) in [6, 6.07) is 15.9. The molecule has 0 aliphatic carbocycles. The quantitative estimate of drug-likeness (QED) is 0.738. The molecule has 4 nitrogen and oxygen atoms in total. The van der Waals surface area contributed by atoms with E-state index in [1.54, 1.807) is 35.4 Å². The van der Waals surface area contributed by atoms with Gasteiger partial charge in [0.2, 0.25) is 0 Å². The number of halogens is 1. The number of hydrogen-bond donors (Lipinski definition) is 1. The third-order valence-electron chi connectivity index (χ3n) is 4.93. The van der Waals surface area contributed by atoms with E-state index in [1.165, 1.54) is 12.1 Å². The molecule has 0 unspecified atom stereocenters. The molecule has 0 radical (unpaired) electrons. The number of anilines is 1. The van der Waals surface area contributed by atoms with Crippen molar-refractivity contribution in [1.82, 2.24) is 9.88 Å². The molecule has 136 valence electrons. The molecule has 1 aliphatic rings. The molecule has 1 amide bonds. The SMILES string of the molecule is Cc1cccc(C)c1N[C@@H]1c2ncccc2C(=O)N1Cc1ccc(F)cc1. The molecular formula is C22H20FN3O. The predicted octanol–water partition coefficient (Wildman–Crippen LogP) is 4.60. The van der Waals surface area contributed by atoms with E-state index < -0.39 is 0 Å². The number of aromatic nitrogens is 1. The van der Waals surface area contributed by atoms with E-state index in [0.29, 0.717) is 17.8 Å². The molecule has 4 rings (SSSR count). The van der Waals surface area contributed by atoms with E-state index in [0.717, 1.165) is 22.4 Å². The van der Waals surface area contributed by atoms with Gasteiger partial charge in [-0.3, -0.25) is 9.78 Å². The van der Waals surface area contributed by atoms with Crippen LogP contribution in [0.4, 0.5) is 10.1 Å². The fourth-order valence-corrected chi connectivity index (χ4v) is 3.51. The van der Waals surface area contributed by atoms with E-state index in [1.807, 2.05) is 32.0 Å². The van der Waals surface area contributed by atoms with Gasteiger partial charge in [-0.15, -0.1) is 0 Å². The Bertz CT molecular complexity index is 980. The molecule has 3 aromatic rings. The first-order chi connectivity index (χ1) is 13.0. The highest BCUT2D eigenvalue weighted by Gasteiger charge is 2.38. The Hall–Kier alpha value is -3.21. The molecule has 2 aromatic carbocycles. The summed E-state index contributed by atoms with van der Waals surface area (Å²) >= 11 is 0. The minimum absolute atomic E-state index is 0.0776. The Kier molecular flexibility index (Phi) is 4.36. The lowest BCUT2D eigenvalue weighted by Gasteiger charge is -2.28. The number of pyridine rings is 1. The van der Waals surface area contributed by atoms with Crippen LogP contribution in [-0.4, -0.2) is 15.8 Å². The average molecular weight is 361 g/mol. The van der Waals surface area contributed by atoms with E-state index >= 15 is 0 Å². The highest BCUT2D eigenvalue weighted by molar-refractivity contribution is 5.99. The van der Waals surface area contributed by atoms with Crippen molar-refractivity contribution >= 4 is 11.6 Å². The van der Waals surface area contributed by atoms with Gasteiger partial charge in [-0.2, -0.15) is 0 Å². The first-order valence-electron chi connectivity index (χ1n) is 8.87. The number of carbonyl (C=O) groups excluding carboxylic acids is 1. The first kappa shape index (κ1) is 17.2. The van der Waals surface area contributed by atoms with E-state index in [-0.39, 0.29) is 17.9 Å². The van der Waals surface area contributed by atoms with Crippen LogP contribution in [0.1, 0.15) is 38.9 Å². The average Bonchev–Trinajstić information content (AvgIpc) is 2.92. The zero-order valence-electron chi connectivity index (χ0n) is 15.2. The molecule has 5 heteroatoms. The molecule has 0 saturated carbocycles. The fourth-order valence-electron chi connectivity index (χ4n) is 3.51. The minimum atomic E-state index is -0.376. The third-order valence-corrected chi connectivity index (χ3v) is 4.93. The van der Waals surface area contributed by atoms with Crippen LogP contribution in [0.25, 0.3) is 0 Å². The summed E-state index contributed by atoms with van der Waals surface area (Å²) in [6.07, 6.45) is 1.32. The van der Waals surface area contributed by atoms with Crippen LogP contribution in [-0.2, 0) is 6.54 Å². The van der Waals surface area contributed by atoms with Crippen molar-refractivity contribution in [3.8, 4) is 0 Å². The lowest BCUT2D eigenvalue weighted by atomic mass is 10.1. The number of rotatable bonds is 4. The van der Waals surface area contributed by atoms with Gasteiger partial charge in [-0.1, -0.05) is 30.3 Å². The number of nitrogens with zero attached hydrogens (tertiary/aromatic N) is 2. The van der Waals surface area contributed by atoms with E-state index in [4.69, 9.17) is 0 Å². The van der Waals surface area contributed by atoms with Crippen LogP contribution < -0.4 is 5.32 Å². The van der Waals surface area contributed by atoms with Crippen LogP contribution >= 0.6 is 0 Å². The Labute approximate surface area is 157 Å². The summed E-state index contributed by atoms with van der Waals surface area (Å²) in [5, 5.41) is 3.51. The second kappa shape index (κ2) is 6.83. The Morgan fingerprint density at radius 2 is 1.74 bits per heavy atom. The number of amides is 1. The number of carbonyl (C=O) groups is 1. The maximum absolute atomic E-state index is 13.2. The van der Waals surface area contributed by atoms with Gasteiger partial charge in [0.05, 0.1) is 11.3 Å². The van der Waals surface area contributed by atoms with Gasteiger partial charge < -0.3 is 10.2 Å². The molecule has 0 spiro atoms. The number of fused-ring (bicyclic) bond motifs is 1. The predicted molar refractivity (Wildman–Crippen MR) is 103 cm³/mol. The van der Waals surface area contributed by atoms with Crippen LogP contribution in [0.2, 0.25) is 0 Å². The summed E-state index contributed by atoms with van der Waals surface area (Å²) in [5.41, 5.74) is 5.39. The van der Waals surface area contributed by atoms with Crippen molar-refractivity contribution in [3.05, 3.63) is 94.6 Å². The molecule has 0 saturated heterocycles. The molecule has 1 aliphatic heterocycles. The van der Waals surface area contributed by atoms with Crippen LogP contribution in [0.5, 0.6) is 0 Å². The number of hydrogen-bond acceptors (Lipinski definition) is 3. The Morgan fingerprint density at radius 3 is 2.44 bits per heavy atom. The zero-order valence-corrected chi connectivity index (χ0v) is 15.2. The lowest BCUT2D eigenvalue weighted by Crippen LogP contribution is -2.32. The summed E-state index contributed by atoms with van der Waals surface area (Å²) in [7, 11) is 0. The highest BCUT2D eigenvalue weighted by Crippen LogP contribution is 2.35. The van der Waals surface area contributed by atoms with Gasteiger partial charge in [0.15, 0.2) is 0 Å². The molecule has 1 atom stereocenters. The molecule has 0 fully saturated rings. The second-order valence-electron chi connectivity index (χ2n) is 6.81. The summed E-state index contributed by atoms with van der Waals surface area (Å²) in [6.45, 7) is 4.45. The van der Waals surface area contributed by atoms with Crippen molar-refractivity contribution in [2.75, 3.05) is 5.32 Å². The topological polar surface area (TPSA) is 45.2 Å². The second-order valence-corrected chi connectivity index (χ2v) is 6.81. The lowest BCUT2D eigenvalue weighted by molar-refractivity contribution is 0.0727. The smallest absolute Gasteiger partial charge is 0.258 e.